The first-order valence-electron chi connectivity index (χ1n) is 12.7. The summed E-state index contributed by atoms with van der Waals surface area (Å²) in [4.78, 5) is 13.1. The smallest absolute Gasteiger partial charge is 0.243 e. The Bertz CT molecular complexity index is 1270. The van der Waals surface area contributed by atoms with Crippen LogP contribution in [0.4, 0.5) is 0 Å². The maximum Gasteiger partial charge on any atom is 0.243 e. The van der Waals surface area contributed by atoms with Crippen molar-refractivity contribution in [1.82, 2.24) is 13.9 Å². The number of hydrogen-bond donors (Lipinski definition) is 2. The van der Waals surface area contributed by atoms with Crippen LogP contribution in [0.5, 0.6) is 5.75 Å². The van der Waals surface area contributed by atoms with E-state index >= 15 is 0 Å². The van der Waals surface area contributed by atoms with E-state index in [2.05, 4.69) is 5.32 Å². The minimum absolute atomic E-state index is 0.0383. The highest BCUT2D eigenvalue weighted by Gasteiger charge is 2.32. The Kier molecular flexibility index (Phi) is 11.9. The first-order valence-corrected chi connectivity index (χ1v) is 15.8. The lowest BCUT2D eigenvalue weighted by Crippen LogP contribution is -2.52. The van der Waals surface area contributed by atoms with Gasteiger partial charge in [-0.25, -0.2) is 21.1 Å². The summed E-state index contributed by atoms with van der Waals surface area (Å²) in [5.41, 5.74) is 0.823. The molecule has 0 spiro atoms. The number of aliphatic hydroxyl groups excluding tert-OH is 1. The zero-order valence-electron chi connectivity index (χ0n) is 23.4. The van der Waals surface area contributed by atoms with Crippen LogP contribution in [0.15, 0.2) is 59.5 Å². The number of sulfonamides is 2. The van der Waals surface area contributed by atoms with E-state index in [1.165, 1.54) is 44.6 Å². The molecule has 1 unspecified atom stereocenters. The zero-order chi connectivity index (χ0) is 29.4. The lowest BCUT2D eigenvalue weighted by molar-refractivity contribution is -0.125. The molecular formula is C27H41N3O7S2. The van der Waals surface area contributed by atoms with Crippen LogP contribution in [-0.2, 0) is 31.3 Å². The standard InChI is InChI=1S/C27H41N3O7S2/c1-20(2)17-30(39(35,36)24-14-12-23(37-6)13-15-24)18-26(31)25(16-22-10-8-7-9-11-22)28-27(32)21(3)19-38(33,34)29(4)5/h7-15,20-21,25-26,31H,16-19H2,1-6H3,(H,28,32)/t21-,25+,26?/m1/s1. The van der Waals surface area contributed by atoms with E-state index < -0.39 is 49.8 Å². The summed E-state index contributed by atoms with van der Waals surface area (Å²) in [6.07, 6.45) is -1.06. The van der Waals surface area contributed by atoms with Crippen molar-refractivity contribution in [2.75, 3.05) is 40.0 Å². The van der Waals surface area contributed by atoms with E-state index in [0.717, 1.165) is 9.87 Å². The fraction of sp³-hybridized carbons (Fsp3) is 0.519. The van der Waals surface area contributed by atoms with Gasteiger partial charge in [-0.3, -0.25) is 4.79 Å². The number of hydrogen-bond acceptors (Lipinski definition) is 7. The minimum Gasteiger partial charge on any atom is -0.497 e. The van der Waals surface area contributed by atoms with Gasteiger partial charge in [-0.05, 0) is 42.2 Å². The maximum absolute atomic E-state index is 13.6. The molecule has 12 heteroatoms. The van der Waals surface area contributed by atoms with Gasteiger partial charge in [-0.1, -0.05) is 51.1 Å². The second kappa shape index (κ2) is 14.2. The topological polar surface area (TPSA) is 133 Å². The minimum atomic E-state index is -3.98. The Balaban J connectivity index is 2.33. The van der Waals surface area contributed by atoms with E-state index in [1.807, 2.05) is 44.2 Å². The second-order valence-electron chi connectivity index (χ2n) is 10.2. The van der Waals surface area contributed by atoms with Gasteiger partial charge >= 0.3 is 0 Å². The van der Waals surface area contributed by atoms with E-state index in [4.69, 9.17) is 4.74 Å². The van der Waals surface area contributed by atoms with Crippen LogP contribution in [0.2, 0.25) is 0 Å². The highest BCUT2D eigenvalue weighted by atomic mass is 32.2. The Morgan fingerprint density at radius 2 is 1.54 bits per heavy atom. The Morgan fingerprint density at radius 3 is 2.05 bits per heavy atom. The van der Waals surface area contributed by atoms with E-state index in [0.29, 0.717) is 5.75 Å². The summed E-state index contributed by atoms with van der Waals surface area (Å²) in [6.45, 7) is 5.13. The number of rotatable bonds is 15. The van der Waals surface area contributed by atoms with Crippen LogP contribution in [0.1, 0.15) is 26.3 Å². The number of aliphatic hydroxyl groups is 1. The summed E-state index contributed by atoms with van der Waals surface area (Å²) in [5.74, 6) is -1.36. The number of carbonyl (C=O) groups excluding carboxylic acids is 1. The molecule has 218 valence electrons. The largest absolute Gasteiger partial charge is 0.497 e. The van der Waals surface area contributed by atoms with Crippen LogP contribution in [0, 0.1) is 11.8 Å². The number of methoxy groups -OCH3 is 1. The number of benzene rings is 2. The second-order valence-corrected chi connectivity index (χ2v) is 14.4. The molecule has 0 heterocycles. The molecule has 2 rings (SSSR count). The van der Waals surface area contributed by atoms with E-state index in [1.54, 1.807) is 12.1 Å². The fourth-order valence-electron chi connectivity index (χ4n) is 3.93. The molecule has 2 aromatic rings. The van der Waals surface area contributed by atoms with Crippen molar-refractivity contribution in [2.24, 2.45) is 11.8 Å². The molecule has 0 aliphatic heterocycles. The summed E-state index contributed by atoms with van der Waals surface area (Å²) in [5, 5.41) is 14.1. The number of carbonyl (C=O) groups is 1. The molecule has 10 nitrogen and oxygen atoms in total. The summed E-state index contributed by atoms with van der Waals surface area (Å²) < 4.78 is 59.1. The van der Waals surface area contributed by atoms with Gasteiger partial charge in [0, 0.05) is 27.2 Å². The molecule has 0 aliphatic rings. The molecule has 0 radical (unpaired) electrons. The van der Waals surface area contributed by atoms with Gasteiger partial charge in [-0.2, -0.15) is 4.31 Å². The molecule has 0 saturated carbocycles. The van der Waals surface area contributed by atoms with Crippen molar-refractivity contribution >= 4 is 26.0 Å². The van der Waals surface area contributed by atoms with Gasteiger partial charge in [0.25, 0.3) is 0 Å². The van der Waals surface area contributed by atoms with Crippen molar-refractivity contribution in [3.63, 3.8) is 0 Å². The number of nitrogens with zero attached hydrogens (tertiary/aromatic N) is 2. The van der Waals surface area contributed by atoms with Crippen LogP contribution >= 0.6 is 0 Å². The van der Waals surface area contributed by atoms with Gasteiger partial charge in [-0.15, -0.1) is 0 Å². The quantitative estimate of drug-likeness (QED) is 0.327. The van der Waals surface area contributed by atoms with Crippen molar-refractivity contribution in [2.45, 2.75) is 44.2 Å². The van der Waals surface area contributed by atoms with E-state index in [9.17, 15) is 26.7 Å². The monoisotopic (exact) mass is 583 g/mol. The van der Waals surface area contributed by atoms with Crippen LogP contribution in [0.3, 0.4) is 0 Å². The average Bonchev–Trinajstić information content (AvgIpc) is 2.87. The molecule has 0 bridgehead atoms. The molecule has 0 saturated heterocycles. The van der Waals surface area contributed by atoms with Crippen molar-refractivity contribution < 1.29 is 31.5 Å². The number of nitrogens with one attached hydrogen (secondary N) is 1. The molecule has 2 aromatic carbocycles. The summed E-state index contributed by atoms with van der Waals surface area (Å²) in [6, 6.07) is 14.3. The predicted octanol–water partition coefficient (Wildman–Crippen LogP) is 1.96. The fourth-order valence-corrected chi connectivity index (χ4v) is 6.63. The normalized spacial score (nSPS) is 14.8. The van der Waals surface area contributed by atoms with Crippen LogP contribution in [-0.4, -0.2) is 88.7 Å². The molecule has 0 aliphatic carbocycles. The number of ether oxygens (including phenoxy) is 1. The van der Waals surface area contributed by atoms with Gasteiger partial charge in [0.15, 0.2) is 0 Å². The predicted molar refractivity (Wildman–Crippen MR) is 151 cm³/mol. The van der Waals surface area contributed by atoms with Crippen molar-refractivity contribution in [3.05, 3.63) is 60.2 Å². The lowest BCUT2D eigenvalue weighted by Gasteiger charge is -2.31. The SMILES string of the molecule is COc1ccc(S(=O)(=O)N(CC(C)C)CC(O)[C@H](Cc2ccccc2)NC(=O)[C@H](C)CS(=O)(=O)N(C)C)cc1. The van der Waals surface area contributed by atoms with Crippen LogP contribution in [0.25, 0.3) is 0 Å². The number of amides is 1. The third-order valence-electron chi connectivity index (χ3n) is 6.21. The van der Waals surface area contributed by atoms with Gasteiger partial charge in [0.2, 0.25) is 26.0 Å². The molecule has 3 atom stereocenters. The van der Waals surface area contributed by atoms with Crippen molar-refractivity contribution in [1.29, 1.82) is 0 Å². The highest BCUT2D eigenvalue weighted by Crippen LogP contribution is 2.22. The molecule has 0 aromatic heterocycles. The van der Waals surface area contributed by atoms with Crippen molar-refractivity contribution in [3.8, 4) is 5.75 Å². The van der Waals surface area contributed by atoms with Gasteiger partial charge in [0.1, 0.15) is 5.75 Å². The Morgan fingerprint density at radius 1 is 0.949 bits per heavy atom. The van der Waals surface area contributed by atoms with Crippen LogP contribution < -0.4 is 10.1 Å². The maximum atomic E-state index is 13.6. The summed E-state index contributed by atoms with van der Waals surface area (Å²) >= 11 is 0. The first kappa shape index (κ1) is 32.7. The van der Waals surface area contributed by atoms with E-state index in [-0.39, 0.29) is 30.3 Å². The lowest BCUT2D eigenvalue weighted by atomic mass is 10.00. The third-order valence-corrected chi connectivity index (χ3v) is 10.1. The van der Waals surface area contributed by atoms with Gasteiger partial charge in [0.05, 0.1) is 35.8 Å². The first-order chi connectivity index (χ1) is 18.2. The Hall–Kier alpha value is -2.51. The molecule has 0 fully saturated rings. The highest BCUT2D eigenvalue weighted by molar-refractivity contribution is 7.89. The molecule has 2 N–H and O–H groups in total. The van der Waals surface area contributed by atoms with Gasteiger partial charge < -0.3 is 15.2 Å². The summed E-state index contributed by atoms with van der Waals surface area (Å²) in [7, 11) is -3.33. The Labute approximate surface area is 233 Å². The average molecular weight is 584 g/mol. The zero-order valence-corrected chi connectivity index (χ0v) is 25.1. The third kappa shape index (κ3) is 9.57. The molecule has 39 heavy (non-hydrogen) atoms. The molecule has 1 amide bonds. The molecular weight excluding hydrogens is 542 g/mol.